The third-order valence-electron chi connectivity index (χ3n) is 2.80. The number of carboxylic acid groups (broad SMARTS) is 1. The average molecular weight is 267 g/mol. The number of sulfone groups is 1. The van der Waals surface area contributed by atoms with E-state index in [0.29, 0.717) is 11.2 Å². The van der Waals surface area contributed by atoms with Crippen LogP contribution in [0, 0.1) is 0 Å². The van der Waals surface area contributed by atoms with E-state index in [-0.39, 0.29) is 11.3 Å². The van der Waals surface area contributed by atoms with Gasteiger partial charge in [-0.1, -0.05) is 12.1 Å². The van der Waals surface area contributed by atoms with Crippen molar-refractivity contribution in [3.05, 3.63) is 35.5 Å². The lowest BCUT2D eigenvalue weighted by atomic mass is 10.1. The Morgan fingerprint density at radius 2 is 2.06 bits per heavy atom. The number of fused-ring (bicyclic) bond motifs is 1. The highest BCUT2D eigenvalue weighted by Gasteiger charge is 2.16. The number of rotatable bonds is 3. The molecule has 18 heavy (non-hydrogen) atoms. The second-order valence-corrected chi connectivity index (χ2v) is 6.45. The Morgan fingerprint density at radius 1 is 1.39 bits per heavy atom. The Hall–Kier alpha value is -1.82. The number of carboxylic acids is 1. The summed E-state index contributed by atoms with van der Waals surface area (Å²) in [6.45, 7) is 0. The van der Waals surface area contributed by atoms with E-state index in [1.807, 2.05) is 0 Å². The van der Waals surface area contributed by atoms with Crippen molar-refractivity contribution in [1.29, 1.82) is 0 Å². The molecule has 96 valence electrons. The Kier molecular flexibility index (Phi) is 2.90. The number of aromatic carboxylic acids is 1. The quantitative estimate of drug-likeness (QED) is 0.912. The maximum Gasteiger partial charge on any atom is 0.337 e. The van der Waals surface area contributed by atoms with Gasteiger partial charge in [0.1, 0.15) is 0 Å². The zero-order valence-electron chi connectivity index (χ0n) is 10.0. The van der Waals surface area contributed by atoms with Gasteiger partial charge in [-0.25, -0.2) is 13.2 Å². The number of para-hydroxylation sites is 1. The van der Waals surface area contributed by atoms with E-state index < -0.39 is 15.8 Å². The maximum atomic E-state index is 11.3. The van der Waals surface area contributed by atoms with Gasteiger partial charge in [0.05, 0.1) is 16.8 Å². The van der Waals surface area contributed by atoms with Gasteiger partial charge in [0.25, 0.3) is 0 Å². The summed E-state index contributed by atoms with van der Waals surface area (Å²) in [5, 5.41) is 9.85. The van der Waals surface area contributed by atoms with Crippen LogP contribution in [0.1, 0.15) is 16.1 Å². The molecule has 0 unspecified atom stereocenters. The third-order valence-corrected chi connectivity index (χ3v) is 3.62. The van der Waals surface area contributed by atoms with Crippen molar-refractivity contribution in [2.75, 3.05) is 6.26 Å². The van der Waals surface area contributed by atoms with Crippen LogP contribution in [0.15, 0.2) is 24.3 Å². The van der Waals surface area contributed by atoms with Gasteiger partial charge in [0.2, 0.25) is 0 Å². The molecule has 1 aromatic heterocycles. The smallest absolute Gasteiger partial charge is 0.337 e. The summed E-state index contributed by atoms with van der Waals surface area (Å²) in [5.74, 6) is -1.12. The van der Waals surface area contributed by atoms with Gasteiger partial charge < -0.3 is 9.67 Å². The Bertz CT molecular complexity index is 728. The predicted octanol–water partition coefficient (Wildman–Crippen LogP) is 1.42. The molecule has 5 nitrogen and oxygen atoms in total. The van der Waals surface area contributed by atoms with Crippen molar-refractivity contribution in [3.63, 3.8) is 0 Å². The van der Waals surface area contributed by atoms with Crippen molar-refractivity contribution < 1.29 is 18.3 Å². The summed E-state index contributed by atoms with van der Waals surface area (Å²) in [7, 11) is -1.47. The molecular weight excluding hydrogens is 254 g/mol. The molecule has 2 aromatic rings. The van der Waals surface area contributed by atoms with Gasteiger partial charge in [-0.05, 0) is 12.1 Å². The van der Waals surface area contributed by atoms with Crippen molar-refractivity contribution >= 4 is 26.7 Å². The molecule has 0 bridgehead atoms. The minimum atomic E-state index is -3.15. The fourth-order valence-corrected chi connectivity index (χ4v) is 2.87. The summed E-state index contributed by atoms with van der Waals surface area (Å²) in [4.78, 5) is 11.1. The predicted molar refractivity (Wildman–Crippen MR) is 68.4 cm³/mol. The van der Waals surface area contributed by atoms with E-state index in [2.05, 4.69) is 0 Å². The molecule has 1 N–H and O–H groups in total. The van der Waals surface area contributed by atoms with Gasteiger partial charge in [-0.3, -0.25) is 0 Å². The summed E-state index contributed by atoms with van der Waals surface area (Å²) in [6.07, 6.45) is 1.16. The standard InChI is InChI=1S/C12H13NO4S/c1-13-9(7-18(2,16)17)6-8-4-3-5-10(11(8)13)12(14)15/h3-6H,7H2,1-2H3,(H,14,15). The highest BCUT2D eigenvalue weighted by atomic mass is 32.2. The lowest BCUT2D eigenvalue weighted by Gasteiger charge is -2.05. The van der Waals surface area contributed by atoms with Gasteiger partial charge in [0.15, 0.2) is 9.84 Å². The van der Waals surface area contributed by atoms with Crippen molar-refractivity contribution in [2.24, 2.45) is 7.05 Å². The first-order chi connectivity index (χ1) is 8.29. The van der Waals surface area contributed by atoms with Crippen LogP contribution in [-0.4, -0.2) is 30.3 Å². The van der Waals surface area contributed by atoms with Crippen LogP contribution in [0.25, 0.3) is 10.9 Å². The Labute approximate surface area is 105 Å². The number of aryl methyl sites for hydroxylation is 1. The average Bonchev–Trinajstić information content (AvgIpc) is 2.53. The number of hydrogen-bond donors (Lipinski definition) is 1. The Balaban J connectivity index is 2.71. The van der Waals surface area contributed by atoms with Gasteiger partial charge >= 0.3 is 5.97 Å². The second-order valence-electron chi connectivity index (χ2n) is 4.31. The topological polar surface area (TPSA) is 76.4 Å². The minimum Gasteiger partial charge on any atom is -0.478 e. The zero-order valence-corrected chi connectivity index (χ0v) is 10.9. The Morgan fingerprint density at radius 3 is 2.61 bits per heavy atom. The van der Waals surface area contributed by atoms with Crippen LogP contribution in [0.3, 0.4) is 0 Å². The molecule has 1 aromatic carbocycles. The fraction of sp³-hybridized carbons (Fsp3) is 0.250. The lowest BCUT2D eigenvalue weighted by molar-refractivity contribution is 0.0698. The molecule has 0 amide bonds. The van der Waals surface area contributed by atoms with E-state index in [1.54, 1.807) is 29.8 Å². The molecule has 0 spiro atoms. The third kappa shape index (κ3) is 2.24. The number of hydrogen-bond acceptors (Lipinski definition) is 3. The molecule has 0 aliphatic carbocycles. The van der Waals surface area contributed by atoms with Crippen LogP contribution < -0.4 is 0 Å². The van der Waals surface area contributed by atoms with E-state index >= 15 is 0 Å². The molecule has 0 aliphatic heterocycles. The van der Waals surface area contributed by atoms with E-state index in [4.69, 9.17) is 5.11 Å². The molecule has 6 heteroatoms. The van der Waals surface area contributed by atoms with Gasteiger partial charge in [-0.2, -0.15) is 0 Å². The maximum absolute atomic E-state index is 11.3. The normalized spacial score (nSPS) is 11.9. The largest absolute Gasteiger partial charge is 0.478 e. The van der Waals surface area contributed by atoms with E-state index in [0.717, 1.165) is 11.6 Å². The first-order valence-electron chi connectivity index (χ1n) is 5.28. The number of aromatic nitrogens is 1. The van der Waals surface area contributed by atoms with Crippen molar-refractivity contribution in [3.8, 4) is 0 Å². The van der Waals surface area contributed by atoms with Crippen LogP contribution in [0.2, 0.25) is 0 Å². The van der Waals surface area contributed by atoms with E-state index in [1.165, 1.54) is 6.07 Å². The van der Waals surface area contributed by atoms with Gasteiger partial charge in [0, 0.05) is 24.4 Å². The molecule has 1 heterocycles. The molecular formula is C12H13NO4S. The van der Waals surface area contributed by atoms with Crippen LogP contribution >= 0.6 is 0 Å². The zero-order chi connectivity index (χ0) is 13.5. The SMILES string of the molecule is Cn1c(CS(C)(=O)=O)cc2cccc(C(=O)O)c21. The number of nitrogens with zero attached hydrogens (tertiary/aromatic N) is 1. The van der Waals surface area contributed by atoms with E-state index in [9.17, 15) is 13.2 Å². The summed E-state index contributed by atoms with van der Waals surface area (Å²) >= 11 is 0. The molecule has 0 aliphatic rings. The second kappa shape index (κ2) is 4.13. The summed E-state index contributed by atoms with van der Waals surface area (Å²) in [5.41, 5.74) is 1.31. The highest BCUT2D eigenvalue weighted by molar-refractivity contribution is 7.89. The minimum absolute atomic E-state index is 0.1000. The molecule has 2 rings (SSSR count). The summed E-state index contributed by atoms with van der Waals surface area (Å²) < 4.78 is 24.3. The lowest BCUT2D eigenvalue weighted by Crippen LogP contribution is -2.06. The first kappa shape index (κ1) is 12.6. The fourth-order valence-electron chi connectivity index (χ4n) is 2.05. The van der Waals surface area contributed by atoms with Crippen LogP contribution in [-0.2, 0) is 22.6 Å². The van der Waals surface area contributed by atoms with Crippen LogP contribution in [0.4, 0.5) is 0 Å². The molecule has 0 atom stereocenters. The van der Waals surface area contributed by atoms with Crippen molar-refractivity contribution in [2.45, 2.75) is 5.75 Å². The molecule has 0 fully saturated rings. The monoisotopic (exact) mass is 267 g/mol. The highest BCUT2D eigenvalue weighted by Crippen LogP contribution is 2.23. The summed E-state index contributed by atoms with van der Waals surface area (Å²) in [6, 6.07) is 6.64. The molecule has 0 saturated carbocycles. The van der Waals surface area contributed by atoms with Crippen molar-refractivity contribution in [1.82, 2.24) is 4.57 Å². The van der Waals surface area contributed by atoms with Crippen LogP contribution in [0.5, 0.6) is 0 Å². The molecule has 0 radical (unpaired) electrons. The first-order valence-corrected chi connectivity index (χ1v) is 7.34. The number of benzene rings is 1. The number of carbonyl (C=O) groups is 1. The molecule has 0 saturated heterocycles. The van der Waals surface area contributed by atoms with Gasteiger partial charge in [-0.15, -0.1) is 0 Å².